The second kappa shape index (κ2) is 15.4. The standard InChI is InChI=1S/C36H54N4O5/c1-23(2)30(39(7)35(43)32(24(3)4)37-33(41)28-17-10-11-20-38(28)6)22-25(5)34(42)40-21-13-18-29(40)36(44)45-31-19-12-15-26-14-8-9-16-27(26)31/h8-9,14,16,22-24,28-32H,10-13,15,17-21H2,1-7H3,(H,37,41)/t28?,29-,30+,31?,32-/m0/s1. The van der Waals surface area contributed by atoms with E-state index in [0.717, 1.165) is 57.1 Å². The minimum absolute atomic E-state index is 0.0143. The smallest absolute Gasteiger partial charge is 0.329 e. The molecular formula is C36H54N4O5. The fourth-order valence-corrected chi connectivity index (χ4v) is 7.15. The highest BCUT2D eigenvalue weighted by molar-refractivity contribution is 5.96. The first kappa shape index (κ1) is 34.7. The van der Waals surface area contributed by atoms with E-state index in [0.29, 0.717) is 18.5 Å². The highest BCUT2D eigenvalue weighted by Gasteiger charge is 2.39. The number of nitrogens with one attached hydrogen (secondary N) is 1. The third-order valence-electron chi connectivity index (χ3n) is 9.90. The normalized spacial score (nSPS) is 23.8. The topological polar surface area (TPSA) is 99.3 Å². The van der Waals surface area contributed by atoms with Crippen LogP contribution in [-0.2, 0) is 30.3 Å². The maximum absolute atomic E-state index is 13.9. The summed E-state index contributed by atoms with van der Waals surface area (Å²) in [5.74, 6) is -0.932. The molecule has 3 aliphatic rings. The first-order valence-corrected chi connectivity index (χ1v) is 17.0. The molecular weight excluding hydrogens is 568 g/mol. The predicted molar refractivity (Wildman–Crippen MR) is 175 cm³/mol. The van der Waals surface area contributed by atoms with Crippen LogP contribution in [0.4, 0.5) is 0 Å². The number of nitrogens with zero attached hydrogens (tertiary/aromatic N) is 3. The highest BCUT2D eigenvalue weighted by Crippen LogP contribution is 2.34. The summed E-state index contributed by atoms with van der Waals surface area (Å²) in [6, 6.07) is 6.22. The van der Waals surface area contributed by atoms with Crippen molar-refractivity contribution < 1.29 is 23.9 Å². The van der Waals surface area contributed by atoms with Crippen LogP contribution in [0.5, 0.6) is 0 Å². The minimum Gasteiger partial charge on any atom is -0.456 e. The molecule has 0 saturated carbocycles. The van der Waals surface area contributed by atoms with Crippen LogP contribution in [0.3, 0.4) is 0 Å². The van der Waals surface area contributed by atoms with E-state index in [1.54, 1.807) is 23.8 Å². The molecule has 5 atom stereocenters. The summed E-state index contributed by atoms with van der Waals surface area (Å²) in [7, 11) is 3.70. The summed E-state index contributed by atoms with van der Waals surface area (Å²) < 4.78 is 6.04. The van der Waals surface area contributed by atoms with Crippen LogP contribution in [-0.4, -0.2) is 89.7 Å². The molecule has 1 aliphatic carbocycles. The number of carbonyl (C=O) groups is 4. The average Bonchev–Trinajstić information content (AvgIpc) is 3.51. The second-order valence-electron chi connectivity index (χ2n) is 13.9. The first-order chi connectivity index (χ1) is 21.4. The Hall–Kier alpha value is -3.20. The maximum atomic E-state index is 13.9. The maximum Gasteiger partial charge on any atom is 0.329 e. The van der Waals surface area contributed by atoms with E-state index in [2.05, 4.69) is 16.3 Å². The van der Waals surface area contributed by atoms with Gasteiger partial charge in [0.2, 0.25) is 17.7 Å². The van der Waals surface area contributed by atoms with Crippen molar-refractivity contribution in [1.29, 1.82) is 0 Å². The number of hydrogen-bond acceptors (Lipinski definition) is 6. The summed E-state index contributed by atoms with van der Waals surface area (Å²) in [5.41, 5.74) is 2.78. The predicted octanol–water partition coefficient (Wildman–Crippen LogP) is 4.65. The zero-order valence-electron chi connectivity index (χ0n) is 28.4. The summed E-state index contributed by atoms with van der Waals surface area (Å²) in [4.78, 5) is 59.7. The van der Waals surface area contributed by atoms with Gasteiger partial charge in [0, 0.05) is 19.2 Å². The molecule has 2 aliphatic heterocycles. The molecule has 9 heteroatoms. The molecule has 2 unspecified atom stereocenters. The lowest BCUT2D eigenvalue weighted by Gasteiger charge is -2.36. The minimum atomic E-state index is -0.675. The van der Waals surface area contributed by atoms with Crippen LogP contribution in [0, 0.1) is 11.8 Å². The number of carbonyl (C=O) groups excluding carboxylic acids is 4. The van der Waals surface area contributed by atoms with Gasteiger partial charge in [0.05, 0.1) is 12.1 Å². The molecule has 3 amide bonds. The SMILES string of the molecule is CC(=C[C@H](C(C)C)N(C)C(=O)[C@@H](NC(=O)C1CCCCN1C)C(C)C)C(=O)N1CCC[C@H]1C(=O)OC1CCCc2ccccc21. The lowest BCUT2D eigenvalue weighted by Crippen LogP contribution is -2.57. The van der Waals surface area contributed by atoms with E-state index in [9.17, 15) is 19.2 Å². The summed E-state index contributed by atoms with van der Waals surface area (Å²) in [5, 5.41) is 3.05. The fourth-order valence-electron chi connectivity index (χ4n) is 7.15. The van der Waals surface area contributed by atoms with Gasteiger partial charge in [-0.1, -0.05) is 64.5 Å². The van der Waals surface area contributed by atoms with E-state index in [1.165, 1.54) is 5.56 Å². The molecule has 4 rings (SSSR count). The number of amides is 3. The largest absolute Gasteiger partial charge is 0.456 e. The number of fused-ring (bicyclic) bond motifs is 1. The average molecular weight is 623 g/mol. The van der Waals surface area contributed by atoms with Crippen molar-refractivity contribution >= 4 is 23.7 Å². The van der Waals surface area contributed by atoms with Crippen molar-refractivity contribution in [2.75, 3.05) is 27.2 Å². The molecule has 1 N–H and O–H groups in total. The molecule has 2 saturated heterocycles. The zero-order chi connectivity index (χ0) is 32.8. The van der Waals surface area contributed by atoms with Crippen molar-refractivity contribution in [2.24, 2.45) is 11.8 Å². The Balaban J connectivity index is 1.44. The van der Waals surface area contributed by atoms with Gasteiger partial charge in [-0.3, -0.25) is 19.3 Å². The van der Waals surface area contributed by atoms with Gasteiger partial charge in [0.15, 0.2) is 0 Å². The van der Waals surface area contributed by atoms with Crippen LogP contribution in [0.25, 0.3) is 0 Å². The van der Waals surface area contributed by atoms with Crippen molar-refractivity contribution in [1.82, 2.24) is 20.0 Å². The Kier molecular flexibility index (Phi) is 11.9. The van der Waals surface area contributed by atoms with Gasteiger partial charge in [0.1, 0.15) is 18.2 Å². The molecule has 1 aromatic carbocycles. The zero-order valence-corrected chi connectivity index (χ0v) is 28.4. The second-order valence-corrected chi connectivity index (χ2v) is 13.9. The van der Waals surface area contributed by atoms with Crippen molar-refractivity contribution in [2.45, 2.75) is 116 Å². The van der Waals surface area contributed by atoms with Gasteiger partial charge in [-0.15, -0.1) is 0 Å². The van der Waals surface area contributed by atoms with Crippen LogP contribution in [0.2, 0.25) is 0 Å². The van der Waals surface area contributed by atoms with E-state index >= 15 is 0 Å². The van der Waals surface area contributed by atoms with Crippen LogP contribution >= 0.6 is 0 Å². The molecule has 45 heavy (non-hydrogen) atoms. The number of likely N-dealkylation sites (N-methyl/N-ethyl adjacent to an activating group) is 2. The number of likely N-dealkylation sites (tertiary alicyclic amines) is 2. The van der Waals surface area contributed by atoms with E-state index < -0.39 is 12.1 Å². The van der Waals surface area contributed by atoms with Gasteiger partial charge in [-0.05, 0) is 88.4 Å². The number of esters is 1. The summed E-state index contributed by atoms with van der Waals surface area (Å²) in [6.07, 6.45) is 8.46. The van der Waals surface area contributed by atoms with E-state index in [1.807, 2.05) is 59.0 Å². The van der Waals surface area contributed by atoms with Crippen LogP contribution in [0.15, 0.2) is 35.9 Å². The van der Waals surface area contributed by atoms with Gasteiger partial charge in [0.25, 0.3) is 0 Å². The molecule has 1 aromatic rings. The molecule has 248 valence electrons. The molecule has 0 radical (unpaired) electrons. The molecule has 2 heterocycles. The Morgan fingerprint density at radius 1 is 0.933 bits per heavy atom. The van der Waals surface area contributed by atoms with Gasteiger partial charge >= 0.3 is 5.97 Å². The van der Waals surface area contributed by atoms with E-state index in [-0.39, 0.29) is 53.7 Å². The molecule has 0 bridgehead atoms. The Labute approximate surface area is 269 Å². The van der Waals surface area contributed by atoms with Crippen LogP contribution < -0.4 is 5.32 Å². The lowest BCUT2D eigenvalue weighted by atomic mass is 9.89. The first-order valence-electron chi connectivity index (χ1n) is 17.0. The highest BCUT2D eigenvalue weighted by atomic mass is 16.5. The molecule has 0 spiro atoms. The number of aryl methyl sites for hydroxylation is 1. The van der Waals surface area contributed by atoms with Crippen LogP contribution in [0.1, 0.15) is 96.8 Å². The fraction of sp³-hybridized carbons (Fsp3) is 0.667. The van der Waals surface area contributed by atoms with Gasteiger partial charge in [-0.2, -0.15) is 0 Å². The van der Waals surface area contributed by atoms with Gasteiger partial charge < -0.3 is 19.9 Å². The van der Waals surface area contributed by atoms with Crippen molar-refractivity contribution in [3.05, 3.63) is 47.0 Å². The number of rotatable bonds is 10. The Morgan fingerprint density at radius 2 is 1.64 bits per heavy atom. The number of hydrogen-bond donors (Lipinski definition) is 1. The molecule has 2 fully saturated rings. The Bertz CT molecular complexity index is 1260. The molecule has 9 nitrogen and oxygen atoms in total. The third kappa shape index (κ3) is 8.15. The van der Waals surface area contributed by atoms with E-state index in [4.69, 9.17) is 4.74 Å². The number of benzene rings is 1. The van der Waals surface area contributed by atoms with Gasteiger partial charge in [-0.25, -0.2) is 4.79 Å². The Morgan fingerprint density at radius 3 is 2.33 bits per heavy atom. The van der Waals surface area contributed by atoms with Crippen molar-refractivity contribution in [3.8, 4) is 0 Å². The summed E-state index contributed by atoms with van der Waals surface area (Å²) in [6.45, 7) is 11.0. The quantitative estimate of drug-likeness (QED) is 0.301. The number of piperidine rings is 1. The lowest BCUT2D eigenvalue weighted by molar-refractivity contribution is -0.158. The van der Waals surface area contributed by atoms with Crippen molar-refractivity contribution in [3.63, 3.8) is 0 Å². The number of ether oxygens (including phenoxy) is 1. The monoisotopic (exact) mass is 622 g/mol. The molecule has 0 aromatic heterocycles. The summed E-state index contributed by atoms with van der Waals surface area (Å²) >= 11 is 0. The third-order valence-corrected chi connectivity index (χ3v) is 9.90.